The number of aromatic nitrogens is 2. The second-order valence-electron chi connectivity index (χ2n) is 8.44. The minimum Gasteiger partial charge on any atom is -0.377 e. The molecule has 2 fully saturated rings. The molecule has 2 aliphatic rings. The van der Waals surface area contributed by atoms with Crippen molar-refractivity contribution in [3.8, 4) is 0 Å². The van der Waals surface area contributed by atoms with Gasteiger partial charge in [-0.1, -0.05) is 35.3 Å². The summed E-state index contributed by atoms with van der Waals surface area (Å²) in [5, 5.41) is 41.6. The summed E-state index contributed by atoms with van der Waals surface area (Å²) in [6, 6.07) is 6.74. The van der Waals surface area contributed by atoms with Gasteiger partial charge < -0.3 is 15.3 Å². The normalized spacial score (nSPS) is 20.6. The average molecular weight is 551 g/mol. The van der Waals surface area contributed by atoms with E-state index in [4.69, 9.17) is 23.2 Å². The molecule has 4 rings (SSSR count). The first-order chi connectivity index (χ1) is 17.7. The summed E-state index contributed by atoms with van der Waals surface area (Å²) in [6.45, 7) is 2.38. The molecule has 3 N–H and O–H groups in total. The van der Waals surface area contributed by atoms with Crippen LogP contribution in [0.5, 0.6) is 0 Å². The predicted octanol–water partition coefficient (Wildman–Crippen LogP) is 1.59. The molecule has 2 atom stereocenters. The first-order valence-electron chi connectivity index (χ1n) is 11.3. The molecule has 2 unspecified atom stereocenters. The van der Waals surface area contributed by atoms with Gasteiger partial charge in [0.2, 0.25) is 0 Å². The number of rotatable bonds is 9. The van der Waals surface area contributed by atoms with Crippen LogP contribution >= 0.6 is 23.2 Å². The highest BCUT2D eigenvalue weighted by molar-refractivity contribution is 6.29. The first-order valence-corrected chi connectivity index (χ1v) is 12.1. The summed E-state index contributed by atoms with van der Waals surface area (Å²) in [7, 11) is 0. The van der Waals surface area contributed by atoms with Crippen LogP contribution in [0.3, 0.4) is 0 Å². The Balaban J connectivity index is 1.60. The van der Waals surface area contributed by atoms with E-state index in [0.29, 0.717) is 43.0 Å². The Morgan fingerprint density at radius 3 is 2.27 bits per heavy atom. The Labute approximate surface area is 221 Å². The Morgan fingerprint density at radius 2 is 1.70 bits per heavy atom. The Bertz CT molecular complexity index is 1210. The van der Waals surface area contributed by atoms with Crippen LogP contribution in [0.15, 0.2) is 60.0 Å². The first kappa shape index (κ1) is 26.7. The molecule has 2 aliphatic heterocycles. The van der Waals surface area contributed by atoms with E-state index >= 15 is 0 Å². The van der Waals surface area contributed by atoms with Crippen LogP contribution in [0.1, 0.15) is 11.1 Å². The van der Waals surface area contributed by atoms with Crippen LogP contribution in [-0.4, -0.2) is 73.2 Å². The van der Waals surface area contributed by atoms with Gasteiger partial charge in [0, 0.05) is 57.7 Å². The molecule has 2 aromatic rings. The molecule has 0 saturated carbocycles. The van der Waals surface area contributed by atoms with E-state index in [1.807, 2.05) is 0 Å². The van der Waals surface area contributed by atoms with Crippen LogP contribution in [-0.2, 0) is 13.1 Å². The maximum absolute atomic E-state index is 12.0. The molecule has 0 bridgehead atoms. The van der Waals surface area contributed by atoms with Crippen molar-refractivity contribution < 1.29 is 15.0 Å². The quantitative estimate of drug-likeness (QED) is 0.236. The third-order valence-electron chi connectivity index (χ3n) is 5.97. The number of nitrogens with one attached hydrogen (secondary N) is 2. The summed E-state index contributed by atoms with van der Waals surface area (Å²) in [5.74, 6) is 0.0925. The maximum Gasteiger partial charge on any atom is 0.318 e. The van der Waals surface area contributed by atoms with E-state index in [-0.39, 0.29) is 12.4 Å². The number of nitro groups is 2. The largest absolute Gasteiger partial charge is 0.377 e. The zero-order valence-corrected chi connectivity index (χ0v) is 21.0. The monoisotopic (exact) mass is 550 g/mol. The minimum atomic E-state index is -1.84. The van der Waals surface area contributed by atoms with Crippen molar-refractivity contribution in [2.75, 3.05) is 26.2 Å². The summed E-state index contributed by atoms with van der Waals surface area (Å²) < 4.78 is 0. The SMILES string of the molecule is O=[N+]([O-])/C(=C\C(O)/C(=C1/NCCN1Cc1ccc(Cl)nc1)[N+](=O)[O-])C1NCCN1Cc1ccc(Cl)nc1. The molecule has 2 aromatic heterocycles. The Hall–Kier alpha value is -3.36. The molecular weight excluding hydrogens is 527 g/mol. The Morgan fingerprint density at radius 1 is 1.05 bits per heavy atom. The molecule has 0 aliphatic carbocycles. The highest BCUT2D eigenvalue weighted by Crippen LogP contribution is 2.23. The van der Waals surface area contributed by atoms with Gasteiger partial charge in [-0.25, -0.2) is 9.97 Å². The smallest absolute Gasteiger partial charge is 0.318 e. The summed E-state index contributed by atoms with van der Waals surface area (Å²) in [4.78, 5) is 34.2. The molecular formula is C22H24Cl2N8O5. The predicted molar refractivity (Wildman–Crippen MR) is 134 cm³/mol. The van der Waals surface area contributed by atoms with Crippen molar-refractivity contribution in [1.29, 1.82) is 0 Å². The molecule has 15 heteroatoms. The minimum absolute atomic E-state index is 0.0925. The zero-order valence-electron chi connectivity index (χ0n) is 19.5. The van der Waals surface area contributed by atoms with Gasteiger partial charge in [0.05, 0.1) is 9.85 Å². The molecule has 196 valence electrons. The van der Waals surface area contributed by atoms with Crippen molar-refractivity contribution in [3.63, 3.8) is 0 Å². The molecule has 0 spiro atoms. The molecule has 2 saturated heterocycles. The fraction of sp³-hybridized carbons (Fsp3) is 0.364. The lowest BCUT2D eigenvalue weighted by molar-refractivity contribution is -0.441. The molecule has 0 radical (unpaired) electrons. The average Bonchev–Trinajstić information content (AvgIpc) is 3.50. The van der Waals surface area contributed by atoms with E-state index < -0.39 is 33.5 Å². The fourth-order valence-electron chi connectivity index (χ4n) is 4.29. The Kier molecular flexibility index (Phi) is 8.51. The van der Waals surface area contributed by atoms with E-state index in [0.717, 1.165) is 17.2 Å². The lowest BCUT2D eigenvalue weighted by atomic mass is 10.1. The summed E-state index contributed by atoms with van der Waals surface area (Å²) in [6.07, 6.45) is 1.34. The van der Waals surface area contributed by atoms with E-state index in [2.05, 4.69) is 20.6 Å². The van der Waals surface area contributed by atoms with Crippen molar-refractivity contribution in [2.24, 2.45) is 0 Å². The molecule has 13 nitrogen and oxygen atoms in total. The van der Waals surface area contributed by atoms with Gasteiger partial charge in [-0.3, -0.25) is 30.4 Å². The summed E-state index contributed by atoms with van der Waals surface area (Å²) in [5.41, 5.74) is 0.576. The number of hydrogen-bond acceptors (Lipinski definition) is 11. The van der Waals surface area contributed by atoms with Gasteiger partial charge in [-0.2, -0.15) is 0 Å². The van der Waals surface area contributed by atoms with E-state index in [1.54, 1.807) is 46.5 Å². The van der Waals surface area contributed by atoms with E-state index in [9.17, 15) is 25.3 Å². The second-order valence-corrected chi connectivity index (χ2v) is 9.21. The van der Waals surface area contributed by atoms with Crippen LogP contribution in [0, 0.1) is 20.2 Å². The number of aliphatic hydroxyl groups excluding tert-OH is 1. The summed E-state index contributed by atoms with van der Waals surface area (Å²) >= 11 is 11.7. The molecule has 0 aromatic carbocycles. The fourth-order valence-corrected chi connectivity index (χ4v) is 4.51. The second kappa shape index (κ2) is 11.8. The highest BCUT2D eigenvalue weighted by atomic mass is 35.5. The van der Waals surface area contributed by atoms with Gasteiger partial charge in [0.25, 0.3) is 5.70 Å². The third kappa shape index (κ3) is 6.50. The molecule has 37 heavy (non-hydrogen) atoms. The number of pyridine rings is 2. The lowest BCUT2D eigenvalue weighted by Gasteiger charge is -2.22. The number of hydrogen-bond donors (Lipinski definition) is 3. The van der Waals surface area contributed by atoms with Gasteiger partial charge >= 0.3 is 5.70 Å². The number of halogens is 2. The van der Waals surface area contributed by atoms with Crippen LogP contribution < -0.4 is 10.6 Å². The molecule has 4 heterocycles. The van der Waals surface area contributed by atoms with Gasteiger partial charge in [0.1, 0.15) is 10.3 Å². The van der Waals surface area contributed by atoms with Gasteiger partial charge in [-0.05, 0) is 23.3 Å². The zero-order chi connectivity index (χ0) is 26.5. The van der Waals surface area contributed by atoms with Crippen molar-refractivity contribution >= 4 is 23.2 Å². The topological polar surface area (TPSA) is 163 Å². The van der Waals surface area contributed by atoms with Crippen LogP contribution in [0.4, 0.5) is 0 Å². The van der Waals surface area contributed by atoms with Crippen molar-refractivity contribution in [1.82, 2.24) is 30.4 Å². The third-order valence-corrected chi connectivity index (χ3v) is 6.41. The number of aliphatic hydroxyl groups is 1. The van der Waals surface area contributed by atoms with Crippen LogP contribution in [0.25, 0.3) is 0 Å². The van der Waals surface area contributed by atoms with Gasteiger partial charge in [0.15, 0.2) is 18.1 Å². The molecule has 0 amide bonds. The van der Waals surface area contributed by atoms with E-state index in [1.165, 1.54) is 0 Å². The van der Waals surface area contributed by atoms with Crippen molar-refractivity contribution in [2.45, 2.75) is 25.4 Å². The standard InChI is InChI=1S/C22H24Cl2N8O5/c23-18-3-1-14(10-27-18)12-29-7-5-25-21(29)16(31(34)35)9-17(33)20(32(36)37)22-26-6-8-30(22)13-15-2-4-19(24)28-11-15/h1-4,9-11,17,21,25-26,33H,5-8,12-13H2/b16-9-,22-20+. The highest BCUT2D eigenvalue weighted by Gasteiger charge is 2.39. The number of nitrogens with zero attached hydrogens (tertiary/aromatic N) is 6. The van der Waals surface area contributed by atoms with Crippen molar-refractivity contribution in [3.05, 3.63) is 102 Å². The van der Waals surface area contributed by atoms with Gasteiger partial charge in [-0.15, -0.1) is 0 Å². The maximum atomic E-state index is 12.0. The van der Waals surface area contributed by atoms with Crippen LogP contribution in [0.2, 0.25) is 10.3 Å². The lowest BCUT2D eigenvalue weighted by Crippen LogP contribution is -2.40.